The van der Waals surface area contributed by atoms with E-state index in [0.29, 0.717) is 36.7 Å². The zero-order valence-electron chi connectivity index (χ0n) is 18.3. The molecule has 2 saturated heterocycles. The van der Waals surface area contributed by atoms with Crippen molar-refractivity contribution in [1.82, 2.24) is 0 Å². The summed E-state index contributed by atoms with van der Waals surface area (Å²) in [5.74, 6) is -1.02. The predicted octanol–water partition coefficient (Wildman–Crippen LogP) is 3.26. The molecular formula is C26H24O8. The fourth-order valence-electron chi connectivity index (χ4n) is 5.13. The van der Waals surface area contributed by atoms with Crippen LogP contribution in [0, 0.1) is 11.8 Å². The first-order valence-corrected chi connectivity index (χ1v) is 11.5. The first kappa shape index (κ1) is 21.2. The van der Waals surface area contributed by atoms with E-state index >= 15 is 0 Å². The molecule has 4 aliphatic rings. The highest BCUT2D eigenvalue weighted by atomic mass is 16.8. The lowest BCUT2D eigenvalue weighted by Crippen LogP contribution is -2.47. The van der Waals surface area contributed by atoms with Crippen molar-refractivity contribution in [2.24, 2.45) is 11.8 Å². The Morgan fingerprint density at radius 3 is 2.32 bits per heavy atom. The summed E-state index contributed by atoms with van der Waals surface area (Å²) in [6, 6.07) is 16.2. The summed E-state index contributed by atoms with van der Waals surface area (Å²) in [5.41, 5.74) is 0.476. The van der Waals surface area contributed by atoms with Crippen LogP contribution in [-0.2, 0) is 23.7 Å². The van der Waals surface area contributed by atoms with E-state index in [1.807, 2.05) is 36.4 Å². The number of ether oxygens (including phenoxy) is 6. The van der Waals surface area contributed by atoms with Gasteiger partial charge in [0.2, 0.25) is 0 Å². The molecule has 0 amide bonds. The zero-order chi connectivity index (χ0) is 23.1. The SMILES string of the molecule is O=C1C[C@@H]2[C@@H](/C=C/C3(C4Oc5ccccc5O4)OCCO3)[C@H](OC(=O)c3ccccc3)C[C@@H]2O1. The third-order valence-electron chi connectivity index (χ3n) is 6.75. The standard InChI is InChI=1S/C26H24O8/c27-23-14-18-17(21(15-22(18)31-23)32-24(28)16-6-2-1-3-7-16)10-11-26(29-12-13-30-26)25-33-19-8-4-5-9-20(19)34-25/h1-11,17-18,21-22,25H,12-15H2/b11-10+/t17-,18-,21-,22+/m1/s1. The fourth-order valence-corrected chi connectivity index (χ4v) is 5.13. The van der Waals surface area contributed by atoms with Crippen LogP contribution in [-0.4, -0.2) is 49.4 Å². The van der Waals surface area contributed by atoms with Crippen molar-refractivity contribution >= 4 is 11.9 Å². The van der Waals surface area contributed by atoms with Gasteiger partial charge in [0, 0.05) is 18.3 Å². The van der Waals surface area contributed by atoms with Gasteiger partial charge in [-0.25, -0.2) is 4.79 Å². The van der Waals surface area contributed by atoms with Crippen LogP contribution in [0.25, 0.3) is 0 Å². The molecule has 0 radical (unpaired) electrons. The van der Waals surface area contributed by atoms with Gasteiger partial charge >= 0.3 is 11.9 Å². The maximum absolute atomic E-state index is 12.7. The first-order chi connectivity index (χ1) is 16.6. The number of carbonyl (C=O) groups is 2. The molecule has 0 aromatic heterocycles. The number of benzene rings is 2. The minimum atomic E-state index is -1.26. The number of hydrogen-bond acceptors (Lipinski definition) is 8. The predicted molar refractivity (Wildman–Crippen MR) is 117 cm³/mol. The Hall–Kier alpha value is -3.36. The lowest BCUT2D eigenvalue weighted by molar-refractivity contribution is -0.222. The molecular weight excluding hydrogens is 440 g/mol. The lowest BCUT2D eigenvalue weighted by Gasteiger charge is -2.29. The van der Waals surface area contributed by atoms with Crippen LogP contribution < -0.4 is 9.47 Å². The van der Waals surface area contributed by atoms with Crippen molar-refractivity contribution in [3.05, 3.63) is 72.3 Å². The largest absolute Gasteiger partial charge is 0.462 e. The topological polar surface area (TPSA) is 89.5 Å². The first-order valence-electron chi connectivity index (χ1n) is 11.5. The van der Waals surface area contributed by atoms with Crippen molar-refractivity contribution in [1.29, 1.82) is 0 Å². The Balaban J connectivity index is 1.25. The van der Waals surface area contributed by atoms with Gasteiger partial charge in [-0.05, 0) is 30.3 Å². The van der Waals surface area contributed by atoms with Gasteiger partial charge in [0.05, 0.1) is 25.2 Å². The molecule has 6 rings (SSSR count). The van der Waals surface area contributed by atoms with Crippen LogP contribution in [0.5, 0.6) is 11.5 Å². The molecule has 34 heavy (non-hydrogen) atoms. The molecule has 0 unspecified atom stereocenters. The van der Waals surface area contributed by atoms with Gasteiger partial charge < -0.3 is 28.4 Å². The van der Waals surface area contributed by atoms with Crippen LogP contribution in [0.1, 0.15) is 23.2 Å². The van der Waals surface area contributed by atoms with Crippen LogP contribution in [0.4, 0.5) is 0 Å². The number of rotatable bonds is 5. The minimum Gasteiger partial charge on any atom is -0.462 e. The highest BCUT2D eigenvalue weighted by Gasteiger charge is 2.53. The molecule has 1 aliphatic carbocycles. The summed E-state index contributed by atoms with van der Waals surface area (Å²) in [5, 5.41) is 0. The Morgan fingerprint density at radius 2 is 1.62 bits per heavy atom. The molecule has 0 spiro atoms. The quantitative estimate of drug-likeness (QED) is 0.492. The number of fused-ring (bicyclic) bond motifs is 2. The van der Waals surface area contributed by atoms with Crippen molar-refractivity contribution in [2.45, 2.75) is 37.1 Å². The Bertz CT molecular complexity index is 1080. The summed E-state index contributed by atoms with van der Waals surface area (Å²) < 4.78 is 35.3. The maximum atomic E-state index is 12.7. The average Bonchev–Trinajstić information content (AvgIpc) is 3.62. The molecule has 4 atom stereocenters. The van der Waals surface area contributed by atoms with Gasteiger partial charge in [-0.15, -0.1) is 0 Å². The van der Waals surface area contributed by atoms with Crippen LogP contribution >= 0.6 is 0 Å². The van der Waals surface area contributed by atoms with E-state index < -0.39 is 24.2 Å². The Morgan fingerprint density at radius 1 is 0.941 bits per heavy atom. The van der Waals surface area contributed by atoms with Gasteiger partial charge in [0.1, 0.15) is 12.2 Å². The number of esters is 2. The molecule has 3 fully saturated rings. The third kappa shape index (κ3) is 3.73. The lowest BCUT2D eigenvalue weighted by atomic mass is 9.91. The maximum Gasteiger partial charge on any atom is 0.338 e. The third-order valence-corrected chi connectivity index (χ3v) is 6.75. The van der Waals surface area contributed by atoms with Crippen LogP contribution in [0.2, 0.25) is 0 Å². The van der Waals surface area contributed by atoms with Gasteiger partial charge in [-0.1, -0.05) is 36.4 Å². The summed E-state index contributed by atoms with van der Waals surface area (Å²) in [7, 11) is 0. The molecule has 2 aromatic rings. The van der Waals surface area contributed by atoms with E-state index in [1.54, 1.807) is 30.3 Å². The highest BCUT2D eigenvalue weighted by Crippen LogP contribution is 2.45. The highest BCUT2D eigenvalue weighted by molar-refractivity contribution is 5.89. The second-order valence-corrected chi connectivity index (χ2v) is 8.81. The molecule has 0 bridgehead atoms. The van der Waals surface area contributed by atoms with Crippen molar-refractivity contribution in [3.63, 3.8) is 0 Å². The summed E-state index contributed by atoms with van der Waals surface area (Å²) in [4.78, 5) is 24.7. The second kappa shape index (κ2) is 8.45. The van der Waals surface area contributed by atoms with Crippen molar-refractivity contribution < 1.29 is 38.0 Å². The van der Waals surface area contributed by atoms with E-state index in [2.05, 4.69) is 0 Å². The molecule has 8 nitrogen and oxygen atoms in total. The van der Waals surface area contributed by atoms with E-state index in [0.717, 1.165) is 0 Å². The van der Waals surface area contributed by atoms with Crippen LogP contribution in [0.3, 0.4) is 0 Å². The molecule has 1 saturated carbocycles. The summed E-state index contributed by atoms with van der Waals surface area (Å²) in [6.45, 7) is 0.767. The molecule has 2 aromatic carbocycles. The average molecular weight is 464 g/mol. The van der Waals surface area contributed by atoms with Gasteiger partial charge in [-0.2, -0.15) is 0 Å². The van der Waals surface area contributed by atoms with Gasteiger partial charge in [0.15, 0.2) is 11.5 Å². The normalized spacial score (nSPS) is 29.4. The minimum absolute atomic E-state index is 0.0987. The number of para-hydroxylation sites is 2. The summed E-state index contributed by atoms with van der Waals surface area (Å²) in [6.07, 6.45) is 2.82. The second-order valence-electron chi connectivity index (χ2n) is 8.81. The van der Waals surface area contributed by atoms with Gasteiger partial charge in [-0.3, -0.25) is 4.79 Å². The van der Waals surface area contributed by atoms with E-state index in [-0.39, 0.29) is 30.3 Å². The number of carbonyl (C=O) groups excluding carboxylic acids is 2. The fraction of sp³-hybridized carbons (Fsp3) is 0.385. The summed E-state index contributed by atoms with van der Waals surface area (Å²) >= 11 is 0. The van der Waals surface area contributed by atoms with Crippen molar-refractivity contribution in [3.8, 4) is 11.5 Å². The molecule has 176 valence electrons. The van der Waals surface area contributed by atoms with Crippen molar-refractivity contribution in [2.75, 3.05) is 13.2 Å². The molecule has 8 heteroatoms. The smallest absolute Gasteiger partial charge is 0.338 e. The van der Waals surface area contributed by atoms with E-state index in [4.69, 9.17) is 28.4 Å². The number of hydrogen-bond donors (Lipinski definition) is 0. The molecule has 3 aliphatic heterocycles. The van der Waals surface area contributed by atoms with Crippen LogP contribution in [0.15, 0.2) is 66.7 Å². The Labute approximate surface area is 196 Å². The zero-order valence-corrected chi connectivity index (χ0v) is 18.3. The monoisotopic (exact) mass is 464 g/mol. The van der Waals surface area contributed by atoms with E-state index in [1.165, 1.54) is 0 Å². The molecule has 3 heterocycles. The Kier molecular flexibility index (Phi) is 5.27. The van der Waals surface area contributed by atoms with Gasteiger partial charge in [0.25, 0.3) is 12.1 Å². The molecule has 0 N–H and O–H groups in total. The van der Waals surface area contributed by atoms with E-state index in [9.17, 15) is 9.59 Å².